The first-order valence-corrected chi connectivity index (χ1v) is 6.79. The van der Waals surface area contributed by atoms with Crippen molar-refractivity contribution in [3.05, 3.63) is 0 Å². The molecule has 1 fully saturated rings. The molecule has 0 aromatic heterocycles. The second kappa shape index (κ2) is 6.39. The van der Waals surface area contributed by atoms with E-state index in [0.29, 0.717) is 0 Å². The Kier molecular flexibility index (Phi) is 5.44. The number of piperidine rings is 1. The molecule has 0 radical (unpaired) electrons. The van der Waals surface area contributed by atoms with Crippen molar-refractivity contribution in [2.75, 3.05) is 20.2 Å². The summed E-state index contributed by atoms with van der Waals surface area (Å²) < 4.78 is 4.82. The first-order chi connectivity index (χ1) is 7.97. The van der Waals surface area contributed by atoms with Crippen LogP contribution >= 0.6 is 0 Å². The van der Waals surface area contributed by atoms with Crippen LogP contribution in [0.5, 0.6) is 0 Å². The number of ether oxygens (including phenoxy) is 1. The number of carbonyl (C=O) groups excluding carboxylic acids is 1. The van der Waals surface area contributed by atoms with Crippen LogP contribution in [0, 0.1) is 17.8 Å². The Morgan fingerprint density at radius 3 is 2.12 bits per heavy atom. The molecule has 3 heteroatoms. The summed E-state index contributed by atoms with van der Waals surface area (Å²) in [4.78, 5) is 14.0. The van der Waals surface area contributed by atoms with Crippen molar-refractivity contribution in [2.45, 2.75) is 46.6 Å². The molecular formula is C14H27NO2. The topological polar surface area (TPSA) is 29.5 Å². The minimum absolute atomic E-state index is 0.0319. The van der Waals surface area contributed by atoms with Crippen LogP contribution in [0.3, 0.4) is 0 Å². The maximum absolute atomic E-state index is 11.5. The second-order valence-corrected chi connectivity index (χ2v) is 5.67. The number of carbonyl (C=O) groups is 1. The van der Waals surface area contributed by atoms with Crippen molar-refractivity contribution in [3.8, 4) is 0 Å². The second-order valence-electron chi connectivity index (χ2n) is 5.67. The van der Waals surface area contributed by atoms with E-state index in [1.54, 1.807) is 0 Å². The van der Waals surface area contributed by atoms with Crippen LogP contribution in [-0.4, -0.2) is 37.1 Å². The average Bonchev–Trinajstić information content (AvgIpc) is 2.36. The Morgan fingerprint density at radius 1 is 1.18 bits per heavy atom. The molecule has 0 aromatic carbocycles. The molecule has 0 N–H and O–H groups in total. The van der Waals surface area contributed by atoms with E-state index in [-0.39, 0.29) is 17.9 Å². The highest BCUT2D eigenvalue weighted by Gasteiger charge is 2.30. The SMILES string of the molecule is COC(=O)C(C)C(C)N1CCC(C(C)C)CC1. The Morgan fingerprint density at radius 2 is 1.71 bits per heavy atom. The van der Waals surface area contributed by atoms with E-state index in [2.05, 4.69) is 25.7 Å². The monoisotopic (exact) mass is 241 g/mol. The van der Waals surface area contributed by atoms with Crippen LogP contribution in [0.1, 0.15) is 40.5 Å². The fourth-order valence-corrected chi connectivity index (χ4v) is 2.69. The molecule has 0 bridgehead atoms. The van der Waals surface area contributed by atoms with Crippen molar-refractivity contribution in [2.24, 2.45) is 17.8 Å². The molecule has 0 amide bonds. The summed E-state index contributed by atoms with van der Waals surface area (Å²) in [6.45, 7) is 10.9. The summed E-state index contributed by atoms with van der Waals surface area (Å²) in [7, 11) is 1.47. The summed E-state index contributed by atoms with van der Waals surface area (Å²) in [5.41, 5.74) is 0. The lowest BCUT2D eigenvalue weighted by molar-refractivity contribution is -0.147. The van der Waals surface area contributed by atoms with Gasteiger partial charge in [0.2, 0.25) is 0 Å². The van der Waals surface area contributed by atoms with E-state index in [0.717, 1.165) is 24.9 Å². The molecule has 1 saturated heterocycles. The number of hydrogen-bond acceptors (Lipinski definition) is 3. The highest BCUT2D eigenvalue weighted by molar-refractivity contribution is 5.72. The van der Waals surface area contributed by atoms with Crippen LogP contribution in [0.2, 0.25) is 0 Å². The molecule has 0 aromatic rings. The van der Waals surface area contributed by atoms with Gasteiger partial charge in [-0.15, -0.1) is 0 Å². The molecule has 1 aliphatic rings. The van der Waals surface area contributed by atoms with E-state index >= 15 is 0 Å². The van der Waals surface area contributed by atoms with Crippen molar-refractivity contribution >= 4 is 5.97 Å². The van der Waals surface area contributed by atoms with Gasteiger partial charge in [-0.1, -0.05) is 20.8 Å². The maximum atomic E-state index is 11.5. The predicted molar refractivity (Wildman–Crippen MR) is 69.8 cm³/mol. The molecule has 100 valence electrons. The lowest BCUT2D eigenvalue weighted by atomic mass is 9.85. The highest BCUT2D eigenvalue weighted by Crippen LogP contribution is 2.27. The van der Waals surface area contributed by atoms with Gasteiger partial charge in [-0.05, 0) is 44.7 Å². The smallest absolute Gasteiger partial charge is 0.309 e. The predicted octanol–water partition coefficient (Wildman–Crippen LogP) is 2.55. The molecule has 2 atom stereocenters. The van der Waals surface area contributed by atoms with E-state index in [1.807, 2.05) is 6.92 Å². The zero-order valence-corrected chi connectivity index (χ0v) is 11.9. The molecule has 1 rings (SSSR count). The van der Waals surface area contributed by atoms with Crippen LogP contribution in [0.25, 0.3) is 0 Å². The summed E-state index contributed by atoms with van der Waals surface area (Å²) in [6.07, 6.45) is 2.52. The normalized spacial score (nSPS) is 22.5. The lowest BCUT2D eigenvalue weighted by Crippen LogP contribution is -2.45. The van der Waals surface area contributed by atoms with Gasteiger partial charge in [-0.2, -0.15) is 0 Å². The Labute approximate surface area is 106 Å². The van der Waals surface area contributed by atoms with Gasteiger partial charge in [-0.25, -0.2) is 0 Å². The quantitative estimate of drug-likeness (QED) is 0.708. The zero-order chi connectivity index (χ0) is 13.0. The van der Waals surface area contributed by atoms with Crippen molar-refractivity contribution in [3.63, 3.8) is 0 Å². The number of nitrogens with zero attached hydrogens (tertiary/aromatic N) is 1. The third-order valence-corrected chi connectivity index (χ3v) is 4.39. The fraction of sp³-hybridized carbons (Fsp3) is 0.929. The van der Waals surface area contributed by atoms with Crippen LogP contribution in [-0.2, 0) is 9.53 Å². The largest absolute Gasteiger partial charge is 0.469 e. The lowest BCUT2D eigenvalue weighted by Gasteiger charge is -2.38. The molecule has 1 heterocycles. The van der Waals surface area contributed by atoms with Crippen molar-refractivity contribution < 1.29 is 9.53 Å². The maximum Gasteiger partial charge on any atom is 0.309 e. The van der Waals surface area contributed by atoms with Gasteiger partial charge in [0.05, 0.1) is 13.0 Å². The summed E-state index contributed by atoms with van der Waals surface area (Å²) in [6, 6.07) is 0.288. The van der Waals surface area contributed by atoms with E-state index < -0.39 is 0 Å². The molecule has 3 nitrogen and oxygen atoms in total. The highest BCUT2D eigenvalue weighted by atomic mass is 16.5. The summed E-state index contributed by atoms with van der Waals surface area (Å²) in [5.74, 6) is 1.51. The molecule has 17 heavy (non-hydrogen) atoms. The number of hydrogen-bond donors (Lipinski definition) is 0. The summed E-state index contributed by atoms with van der Waals surface area (Å²) in [5, 5.41) is 0. The Balaban J connectivity index is 2.45. The standard InChI is InChI=1S/C14H27NO2/c1-10(2)13-6-8-15(9-7-13)12(4)11(3)14(16)17-5/h10-13H,6-9H2,1-5H3. The number of likely N-dealkylation sites (tertiary alicyclic amines) is 1. The van der Waals surface area contributed by atoms with Gasteiger partial charge >= 0.3 is 5.97 Å². The minimum atomic E-state index is -0.0940. The van der Waals surface area contributed by atoms with Crippen molar-refractivity contribution in [1.29, 1.82) is 0 Å². The fourth-order valence-electron chi connectivity index (χ4n) is 2.69. The zero-order valence-electron chi connectivity index (χ0n) is 11.9. The Bertz CT molecular complexity index is 245. The average molecular weight is 241 g/mol. The van der Waals surface area contributed by atoms with Gasteiger partial charge in [0, 0.05) is 6.04 Å². The third kappa shape index (κ3) is 3.70. The molecule has 0 saturated carbocycles. The van der Waals surface area contributed by atoms with Gasteiger partial charge in [-0.3, -0.25) is 9.69 Å². The van der Waals surface area contributed by atoms with Crippen LogP contribution in [0.4, 0.5) is 0 Å². The van der Waals surface area contributed by atoms with E-state index in [1.165, 1.54) is 20.0 Å². The first-order valence-electron chi connectivity index (χ1n) is 6.79. The van der Waals surface area contributed by atoms with E-state index in [9.17, 15) is 4.79 Å². The van der Waals surface area contributed by atoms with Gasteiger partial charge < -0.3 is 4.74 Å². The molecule has 1 aliphatic heterocycles. The van der Waals surface area contributed by atoms with Crippen LogP contribution in [0.15, 0.2) is 0 Å². The molecule has 0 aliphatic carbocycles. The number of esters is 1. The van der Waals surface area contributed by atoms with Crippen LogP contribution < -0.4 is 0 Å². The van der Waals surface area contributed by atoms with E-state index in [4.69, 9.17) is 4.74 Å². The van der Waals surface area contributed by atoms with Gasteiger partial charge in [0.1, 0.15) is 0 Å². The van der Waals surface area contributed by atoms with Gasteiger partial charge in [0.25, 0.3) is 0 Å². The number of rotatable bonds is 4. The summed E-state index contributed by atoms with van der Waals surface area (Å²) >= 11 is 0. The molecular weight excluding hydrogens is 214 g/mol. The van der Waals surface area contributed by atoms with Gasteiger partial charge in [0.15, 0.2) is 0 Å². The molecule has 2 unspecified atom stereocenters. The first kappa shape index (κ1) is 14.5. The third-order valence-electron chi connectivity index (χ3n) is 4.39. The van der Waals surface area contributed by atoms with Crippen molar-refractivity contribution in [1.82, 2.24) is 4.90 Å². The Hall–Kier alpha value is -0.570. The number of methoxy groups -OCH3 is 1. The molecule has 0 spiro atoms. The minimum Gasteiger partial charge on any atom is -0.469 e.